The number of aromatic nitrogens is 2. The zero-order valence-corrected chi connectivity index (χ0v) is 16.3. The molecule has 3 aromatic rings. The van der Waals surface area contributed by atoms with Gasteiger partial charge in [0.05, 0.1) is 11.7 Å². The largest absolute Gasteiger partial charge is 0.416 e. The number of thioether (sulfide) groups is 1. The van der Waals surface area contributed by atoms with Gasteiger partial charge in [0.2, 0.25) is 17.7 Å². The first kappa shape index (κ1) is 19.6. The lowest BCUT2D eigenvalue weighted by atomic mass is 10.2. The number of hydrogen-bond donors (Lipinski definition) is 2. The molecular formula is C20H20N4O3S. The average molecular weight is 396 g/mol. The van der Waals surface area contributed by atoms with Crippen LogP contribution >= 0.6 is 11.8 Å². The van der Waals surface area contributed by atoms with Gasteiger partial charge in [-0.25, -0.2) is 0 Å². The van der Waals surface area contributed by atoms with Crippen LogP contribution in [0.3, 0.4) is 0 Å². The summed E-state index contributed by atoms with van der Waals surface area (Å²) in [5.74, 6) is 0.183. The van der Waals surface area contributed by atoms with Crippen molar-refractivity contribution in [3.05, 3.63) is 66.1 Å². The molecule has 144 valence electrons. The molecule has 0 spiro atoms. The van der Waals surface area contributed by atoms with E-state index in [4.69, 9.17) is 4.42 Å². The standard InChI is InChI=1S/C20H20N4O3S/c1-13(19(26)22-17-10-8-16(9-11-17)21-14(2)25)28-20-24-23-18(27-20)12-15-6-4-3-5-7-15/h3-11,13H,12H2,1-2H3,(H,21,25)(H,22,26)/t13-/m0/s1. The summed E-state index contributed by atoms with van der Waals surface area (Å²) in [6.45, 7) is 3.21. The second-order valence-electron chi connectivity index (χ2n) is 6.13. The minimum absolute atomic E-state index is 0.145. The molecule has 0 fully saturated rings. The molecule has 8 heteroatoms. The third-order valence-corrected chi connectivity index (χ3v) is 4.70. The van der Waals surface area contributed by atoms with Crippen molar-refractivity contribution in [1.29, 1.82) is 0 Å². The molecule has 0 bridgehead atoms. The number of amides is 2. The number of rotatable bonds is 7. The minimum Gasteiger partial charge on any atom is -0.416 e. The number of hydrogen-bond acceptors (Lipinski definition) is 6. The van der Waals surface area contributed by atoms with Gasteiger partial charge in [-0.3, -0.25) is 9.59 Å². The fourth-order valence-corrected chi connectivity index (χ4v) is 3.12. The normalized spacial score (nSPS) is 11.6. The number of carbonyl (C=O) groups excluding carboxylic acids is 2. The van der Waals surface area contributed by atoms with Crippen LogP contribution in [0, 0.1) is 0 Å². The van der Waals surface area contributed by atoms with Crippen molar-refractivity contribution < 1.29 is 14.0 Å². The molecule has 3 rings (SSSR count). The van der Waals surface area contributed by atoms with Crippen molar-refractivity contribution >= 4 is 35.0 Å². The Morgan fingerprint density at radius 3 is 2.29 bits per heavy atom. The Kier molecular flexibility index (Phi) is 6.44. The molecule has 0 saturated carbocycles. The predicted octanol–water partition coefficient (Wildman–Crippen LogP) is 3.74. The summed E-state index contributed by atoms with van der Waals surface area (Å²) < 4.78 is 5.63. The summed E-state index contributed by atoms with van der Waals surface area (Å²) in [4.78, 5) is 23.4. The minimum atomic E-state index is -0.417. The highest BCUT2D eigenvalue weighted by Gasteiger charge is 2.18. The van der Waals surface area contributed by atoms with Gasteiger partial charge < -0.3 is 15.1 Å². The molecule has 2 aromatic carbocycles. The molecule has 28 heavy (non-hydrogen) atoms. The Labute approximate surface area is 166 Å². The Bertz CT molecular complexity index is 942. The summed E-state index contributed by atoms with van der Waals surface area (Å²) >= 11 is 1.20. The van der Waals surface area contributed by atoms with E-state index in [2.05, 4.69) is 20.8 Å². The second kappa shape index (κ2) is 9.18. The van der Waals surface area contributed by atoms with Crippen LogP contribution in [0.5, 0.6) is 0 Å². The lowest BCUT2D eigenvalue weighted by Crippen LogP contribution is -2.22. The molecule has 1 aromatic heterocycles. The quantitative estimate of drug-likeness (QED) is 0.591. The van der Waals surface area contributed by atoms with Crippen molar-refractivity contribution in [3.8, 4) is 0 Å². The van der Waals surface area contributed by atoms with E-state index >= 15 is 0 Å². The van der Waals surface area contributed by atoms with Crippen LogP contribution in [0.25, 0.3) is 0 Å². The van der Waals surface area contributed by atoms with E-state index in [0.29, 0.717) is 28.9 Å². The summed E-state index contributed by atoms with van der Waals surface area (Å²) in [5, 5.41) is 13.5. The van der Waals surface area contributed by atoms with E-state index in [1.807, 2.05) is 30.3 Å². The van der Waals surface area contributed by atoms with Crippen LogP contribution in [0.4, 0.5) is 11.4 Å². The van der Waals surface area contributed by atoms with Crippen LogP contribution in [-0.4, -0.2) is 27.3 Å². The highest BCUT2D eigenvalue weighted by atomic mass is 32.2. The van der Waals surface area contributed by atoms with E-state index in [1.165, 1.54) is 18.7 Å². The van der Waals surface area contributed by atoms with Crippen LogP contribution in [-0.2, 0) is 16.0 Å². The van der Waals surface area contributed by atoms with Gasteiger partial charge in [0, 0.05) is 18.3 Å². The van der Waals surface area contributed by atoms with Crippen molar-refractivity contribution in [2.45, 2.75) is 30.7 Å². The first-order valence-corrected chi connectivity index (χ1v) is 9.59. The van der Waals surface area contributed by atoms with E-state index in [-0.39, 0.29) is 11.8 Å². The predicted molar refractivity (Wildman–Crippen MR) is 108 cm³/mol. The van der Waals surface area contributed by atoms with E-state index in [1.54, 1.807) is 31.2 Å². The van der Waals surface area contributed by atoms with Crippen LogP contribution in [0.15, 0.2) is 64.2 Å². The summed E-state index contributed by atoms with van der Waals surface area (Å²) in [6, 6.07) is 16.7. The maximum absolute atomic E-state index is 12.4. The fraction of sp³-hybridized carbons (Fsp3) is 0.200. The zero-order chi connectivity index (χ0) is 19.9. The highest BCUT2D eigenvalue weighted by Crippen LogP contribution is 2.24. The van der Waals surface area contributed by atoms with Gasteiger partial charge in [0.15, 0.2) is 0 Å². The number of carbonyl (C=O) groups is 2. The van der Waals surface area contributed by atoms with E-state index in [9.17, 15) is 9.59 Å². The third-order valence-electron chi connectivity index (χ3n) is 3.77. The maximum atomic E-state index is 12.4. The van der Waals surface area contributed by atoms with Crippen molar-refractivity contribution in [3.63, 3.8) is 0 Å². The van der Waals surface area contributed by atoms with Crippen LogP contribution in [0.1, 0.15) is 25.3 Å². The number of nitrogens with zero attached hydrogens (tertiary/aromatic N) is 2. The molecule has 1 atom stereocenters. The van der Waals surface area contributed by atoms with Crippen molar-refractivity contribution in [1.82, 2.24) is 10.2 Å². The Balaban J connectivity index is 1.53. The van der Waals surface area contributed by atoms with Gasteiger partial charge >= 0.3 is 0 Å². The molecule has 0 aliphatic heterocycles. The van der Waals surface area contributed by atoms with E-state index < -0.39 is 5.25 Å². The molecule has 0 aliphatic rings. The monoisotopic (exact) mass is 396 g/mol. The molecule has 0 aliphatic carbocycles. The summed E-state index contributed by atoms with van der Waals surface area (Å²) in [7, 11) is 0. The summed E-state index contributed by atoms with van der Waals surface area (Å²) in [5.41, 5.74) is 2.39. The maximum Gasteiger partial charge on any atom is 0.277 e. The summed E-state index contributed by atoms with van der Waals surface area (Å²) in [6.07, 6.45) is 0.551. The smallest absolute Gasteiger partial charge is 0.277 e. The topological polar surface area (TPSA) is 97.1 Å². The number of nitrogens with one attached hydrogen (secondary N) is 2. The van der Waals surface area contributed by atoms with Crippen molar-refractivity contribution in [2.24, 2.45) is 0 Å². The van der Waals surface area contributed by atoms with Crippen molar-refractivity contribution in [2.75, 3.05) is 10.6 Å². The first-order valence-electron chi connectivity index (χ1n) is 8.71. The van der Waals surface area contributed by atoms with E-state index in [0.717, 1.165) is 5.56 Å². The zero-order valence-electron chi connectivity index (χ0n) is 15.5. The fourth-order valence-electron chi connectivity index (χ4n) is 2.42. The Morgan fingerprint density at radius 1 is 1.00 bits per heavy atom. The first-order chi connectivity index (χ1) is 13.5. The SMILES string of the molecule is CC(=O)Nc1ccc(NC(=O)[C@H](C)Sc2nnc(Cc3ccccc3)o2)cc1. The van der Waals surface area contributed by atoms with Gasteiger partial charge in [0.1, 0.15) is 0 Å². The number of anilines is 2. The second-order valence-corrected chi connectivity index (χ2v) is 7.42. The van der Waals surface area contributed by atoms with Gasteiger partial charge in [-0.1, -0.05) is 42.1 Å². The molecule has 7 nitrogen and oxygen atoms in total. The number of benzene rings is 2. The molecule has 0 saturated heterocycles. The van der Waals surface area contributed by atoms with Gasteiger partial charge in [-0.05, 0) is 36.8 Å². The molecule has 1 heterocycles. The van der Waals surface area contributed by atoms with Gasteiger partial charge in [-0.2, -0.15) is 0 Å². The van der Waals surface area contributed by atoms with Gasteiger partial charge in [-0.15, -0.1) is 10.2 Å². The van der Waals surface area contributed by atoms with Crippen LogP contribution < -0.4 is 10.6 Å². The molecule has 2 N–H and O–H groups in total. The molecular weight excluding hydrogens is 376 g/mol. The van der Waals surface area contributed by atoms with Gasteiger partial charge in [0.25, 0.3) is 5.22 Å². The van der Waals surface area contributed by atoms with Crippen LogP contribution in [0.2, 0.25) is 0 Å². The average Bonchev–Trinajstić information content (AvgIpc) is 3.10. The highest BCUT2D eigenvalue weighted by molar-refractivity contribution is 8.00. The molecule has 2 amide bonds. The molecule has 0 unspecified atom stereocenters. The molecule has 0 radical (unpaired) electrons. The third kappa shape index (κ3) is 5.68. The Morgan fingerprint density at radius 2 is 1.64 bits per heavy atom. The lowest BCUT2D eigenvalue weighted by Gasteiger charge is -2.10. The lowest BCUT2D eigenvalue weighted by molar-refractivity contribution is -0.115. The Hall–Kier alpha value is -3.13.